The highest BCUT2D eigenvalue weighted by molar-refractivity contribution is 5.94. The molecule has 0 spiro atoms. The minimum absolute atomic E-state index is 0.103. The van der Waals surface area contributed by atoms with E-state index in [1.54, 1.807) is 6.92 Å². The standard InChI is InChI=1S/C18H21NO/c1-12-7-5-8-13(2)18(12)19-14(3)16-9-6-10-17(11-16)15(4)20/h5-11,14,19H,1-4H3. The molecule has 1 unspecified atom stereocenters. The second-order valence-electron chi connectivity index (χ2n) is 5.31. The molecule has 20 heavy (non-hydrogen) atoms. The monoisotopic (exact) mass is 267 g/mol. The van der Waals surface area contributed by atoms with Crippen molar-refractivity contribution in [2.45, 2.75) is 33.7 Å². The van der Waals surface area contributed by atoms with E-state index in [9.17, 15) is 4.79 Å². The van der Waals surface area contributed by atoms with Crippen LogP contribution in [0.3, 0.4) is 0 Å². The van der Waals surface area contributed by atoms with E-state index in [4.69, 9.17) is 0 Å². The van der Waals surface area contributed by atoms with Crippen LogP contribution in [-0.4, -0.2) is 5.78 Å². The highest BCUT2D eigenvalue weighted by atomic mass is 16.1. The number of hydrogen-bond donors (Lipinski definition) is 1. The zero-order valence-corrected chi connectivity index (χ0v) is 12.5. The van der Waals surface area contributed by atoms with Crippen LogP contribution in [0.1, 0.15) is 46.9 Å². The molecule has 2 rings (SSSR count). The van der Waals surface area contributed by atoms with Crippen molar-refractivity contribution < 1.29 is 4.79 Å². The maximum absolute atomic E-state index is 11.5. The lowest BCUT2D eigenvalue weighted by atomic mass is 10.0. The number of para-hydroxylation sites is 1. The fraction of sp³-hybridized carbons (Fsp3) is 0.278. The van der Waals surface area contributed by atoms with Gasteiger partial charge in [0, 0.05) is 17.3 Å². The van der Waals surface area contributed by atoms with Gasteiger partial charge in [-0.2, -0.15) is 0 Å². The van der Waals surface area contributed by atoms with Gasteiger partial charge >= 0.3 is 0 Å². The van der Waals surface area contributed by atoms with Crippen LogP contribution < -0.4 is 5.32 Å². The molecule has 1 N–H and O–H groups in total. The molecular weight excluding hydrogens is 246 g/mol. The molecule has 1 atom stereocenters. The molecule has 0 bridgehead atoms. The summed E-state index contributed by atoms with van der Waals surface area (Å²) in [5, 5.41) is 3.55. The summed E-state index contributed by atoms with van der Waals surface area (Å²) >= 11 is 0. The molecule has 2 aromatic carbocycles. The molecule has 0 aromatic heterocycles. The van der Waals surface area contributed by atoms with Crippen LogP contribution in [-0.2, 0) is 0 Å². The largest absolute Gasteiger partial charge is 0.378 e. The number of ketones is 1. The second-order valence-corrected chi connectivity index (χ2v) is 5.31. The summed E-state index contributed by atoms with van der Waals surface area (Å²) in [4.78, 5) is 11.5. The van der Waals surface area contributed by atoms with Crippen molar-refractivity contribution in [1.29, 1.82) is 0 Å². The molecule has 0 amide bonds. The fourth-order valence-electron chi connectivity index (χ4n) is 2.37. The van der Waals surface area contributed by atoms with Crippen molar-refractivity contribution in [1.82, 2.24) is 0 Å². The Hall–Kier alpha value is -2.09. The van der Waals surface area contributed by atoms with Gasteiger partial charge in [-0.25, -0.2) is 0 Å². The van der Waals surface area contributed by atoms with Gasteiger partial charge in [-0.15, -0.1) is 0 Å². The number of benzene rings is 2. The average molecular weight is 267 g/mol. The van der Waals surface area contributed by atoms with Gasteiger partial charge in [-0.3, -0.25) is 4.79 Å². The van der Waals surface area contributed by atoms with Crippen LogP contribution in [0, 0.1) is 13.8 Å². The molecule has 0 aliphatic carbocycles. The van der Waals surface area contributed by atoms with Gasteiger partial charge in [0.25, 0.3) is 0 Å². The lowest BCUT2D eigenvalue weighted by molar-refractivity contribution is 0.101. The molecular formula is C18H21NO. The van der Waals surface area contributed by atoms with E-state index in [1.165, 1.54) is 16.8 Å². The normalized spacial score (nSPS) is 12.0. The van der Waals surface area contributed by atoms with E-state index in [1.807, 2.05) is 18.2 Å². The lowest BCUT2D eigenvalue weighted by Gasteiger charge is -2.19. The molecule has 0 saturated carbocycles. The van der Waals surface area contributed by atoms with Gasteiger partial charge in [0.1, 0.15) is 0 Å². The van der Waals surface area contributed by atoms with E-state index in [0.29, 0.717) is 0 Å². The molecule has 0 heterocycles. The average Bonchev–Trinajstić information content (AvgIpc) is 2.43. The summed E-state index contributed by atoms with van der Waals surface area (Å²) < 4.78 is 0. The fourth-order valence-corrected chi connectivity index (χ4v) is 2.37. The minimum atomic E-state index is 0.103. The Kier molecular flexibility index (Phi) is 4.23. The summed E-state index contributed by atoms with van der Waals surface area (Å²) in [7, 11) is 0. The van der Waals surface area contributed by atoms with Crippen LogP contribution in [0.25, 0.3) is 0 Å². The number of hydrogen-bond acceptors (Lipinski definition) is 2. The first kappa shape index (κ1) is 14.3. The van der Waals surface area contributed by atoms with Crippen LogP contribution in [0.4, 0.5) is 5.69 Å². The topological polar surface area (TPSA) is 29.1 Å². The quantitative estimate of drug-likeness (QED) is 0.815. The van der Waals surface area contributed by atoms with Gasteiger partial charge in [0.2, 0.25) is 0 Å². The Morgan fingerprint density at radius 1 is 1.05 bits per heavy atom. The lowest BCUT2D eigenvalue weighted by Crippen LogP contribution is -2.09. The highest BCUT2D eigenvalue weighted by Gasteiger charge is 2.10. The summed E-state index contributed by atoms with van der Waals surface area (Å²) in [6.45, 7) is 7.93. The Bertz CT molecular complexity index is 611. The Balaban J connectivity index is 2.26. The molecule has 0 saturated heterocycles. The molecule has 0 fully saturated rings. The van der Waals surface area contributed by atoms with E-state index in [0.717, 1.165) is 11.1 Å². The van der Waals surface area contributed by atoms with Crippen LogP contribution >= 0.6 is 0 Å². The number of anilines is 1. The third-order valence-electron chi connectivity index (χ3n) is 3.64. The minimum Gasteiger partial charge on any atom is -0.378 e. The third kappa shape index (κ3) is 3.08. The number of Topliss-reactive ketones (excluding diaryl/α,β-unsaturated/α-hetero) is 1. The van der Waals surface area contributed by atoms with Crippen molar-refractivity contribution in [3.8, 4) is 0 Å². The number of rotatable bonds is 4. The summed E-state index contributed by atoms with van der Waals surface area (Å²) in [6, 6.07) is 14.3. The first-order chi connectivity index (χ1) is 9.49. The summed E-state index contributed by atoms with van der Waals surface area (Å²) in [6.07, 6.45) is 0. The van der Waals surface area contributed by atoms with Crippen molar-refractivity contribution in [3.05, 3.63) is 64.7 Å². The smallest absolute Gasteiger partial charge is 0.159 e. The molecule has 0 radical (unpaired) electrons. The van der Waals surface area contributed by atoms with Crippen molar-refractivity contribution >= 4 is 11.5 Å². The predicted molar refractivity (Wildman–Crippen MR) is 84.4 cm³/mol. The Morgan fingerprint density at radius 3 is 2.25 bits per heavy atom. The molecule has 104 valence electrons. The van der Waals surface area contributed by atoms with Crippen LogP contribution in [0.5, 0.6) is 0 Å². The molecule has 2 aromatic rings. The molecule has 0 aliphatic heterocycles. The molecule has 0 aliphatic rings. The first-order valence-electron chi connectivity index (χ1n) is 6.92. The third-order valence-corrected chi connectivity index (χ3v) is 3.64. The number of carbonyl (C=O) groups is 1. The Labute approximate surface area is 120 Å². The first-order valence-corrected chi connectivity index (χ1v) is 6.92. The zero-order chi connectivity index (χ0) is 14.7. The van der Waals surface area contributed by atoms with Gasteiger partial charge in [-0.05, 0) is 50.5 Å². The number of carbonyl (C=O) groups excluding carboxylic acids is 1. The molecule has 2 nitrogen and oxygen atoms in total. The zero-order valence-electron chi connectivity index (χ0n) is 12.5. The van der Waals surface area contributed by atoms with Gasteiger partial charge in [0.05, 0.1) is 0 Å². The van der Waals surface area contributed by atoms with E-state index >= 15 is 0 Å². The van der Waals surface area contributed by atoms with Gasteiger partial charge in [0.15, 0.2) is 5.78 Å². The molecule has 2 heteroatoms. The van der Waals surface area contributed by atoms with Gasteiger partial charge in [-0.1, -0.05) is 36.4 Å². The maximum atomic E-state index is 11.5. The summed E-state index contributed by atoms with van der Waals surface area (Å²) in [5.74, 6) is 0.103. The van der Waals surface area contributed by atoms with E-state index in [2.05, 4.69) is 50.4 Å². The van der Waals surface area contributed by atoms with Crippen LogP contribution in [0.2, 0.25) is 0 Å². The number of nitrogens with one attached hydrogen (secondary N) is 1. The SMILES string of the molecule is CC(=O)c1cccc(C(C)Nc2c(C)cccc2C)c1. The number of aryl methyl sites for hydroxylation is 2. The van der Waals surface area contributed by atoms with Crippen molar-refractivity contribution in [3.63, 3.8) is 0 Å². The predicted octanol–water partition coefficient (Wildman–Crippen LogP) is 4.68. The maximum Gasteiger partial charge on any atom is 0.159 e. The van der Waals surface area contributed by atoms with Crippen molar-refractivity contribution in [2.24, 2.45) is 0 Å². The Morgan fingerprint density at radius 2 is 1.65 bits per heavy atom. The van der Waals surface area contributed by atoms with E-state index in [-0.39, 0.29) is 11.8 Å². The highest BCUT2D eigenvalue weighted by Crippen LogP contribution is 2.25. The van der Waals surface area contributed by atoms with E-state index < -0.39 is 0 Å². The van der Waals surface area contributed by atoms with Crippen molar-refractivity contribution in [2.75, 3.05) is 5.32 Å². The second kappa shape index (κ2) is 5.91. The van der Waals surface area contributed by atoms with Crippen LogP contribution in [0.15, 0.2) is 42.5 Å². The summed E-state index contributed by atoms with van der Waals surface area (Å²) in [5.41, 5.74) is 5.53. The van der Waals surface area contributed by atoms with Gasteiger partial charge < -0.3 is 5.32 Å².